The number of nitrogens with zero attached hydrogens (tertiary/aromatic N) is 2. The molecule has 1 amide bonds. The number of nitrogens with one attached hydrogen (secondary N) is 1. The topological polar surface area (TPSA) is 45.2 Å². The van der Waals surface area contributed by atoms with Crippen molar-refractivity contribution in [3.05, 3.63) is 29.6 Å². The van der Waals surface area contributed by atoms with Crippen LogP contribution >= 0.6 is 0 Å². The summed E-state index contributed by atoms with van der Waals surface area (Å²) >= 11 is 0. The Labute approximate surface area is 115 Å². The van der Waals surface area contributed by atoms with Crippen molar-refractivity contribution < 1.29 is 4.79 Å². The van der Waals surface area contributed by atoms with Crippen molar-refractivity contribution in [2.45, 2.75) is 33.2 Å². The first-order chi connectivity index (χ1) is 9.17. The van der Waals surface area contributed by atoms with Gasteiger partial charge in [0.25, 0.3) is 0 Å². The number of amides is 1. The molecule has 0 aromatic carbocycles. The molecule has 1 aliphatic heterocycles. The largest absolute Gasteiger partial charge is 0.356 e. The quantitative estimate of drug-likeness (QED) is 0.875. The van der Waals surface area contributed by atoms with Crippen molar-refractivity contribution >= 4 is 5.91 Å². The van der Waals surface area contributed by atoms with E-state index in [1.165, 1.54) is 5.56 Å². The van der Waals surface area contributed by atoms with E-state index in [0.29, 0.717) is 5.92 Å². The molecule has 4 nitrogen and oxygen atoms in total. The summed E-state index contributed by atoms with van der Waals surface area (Å²) in [6.45, 7) is 7.59. The van der Waals surface area contributed by atoms with Crippen molar-refractivity contribution in [3.8, 4) is 0 Å². The van der Waals surface area contributed by atoms with Gasteiger partial charge in [-0.1, -0.05) is 13.0 Å². The van der Waals surface area contributed by atoms with Gasteiger partial charge in [-0.15, -0.1) is 0 Å². The molecular weight excluding hydrogens is 238 g/mol. The van der Waals surface area contributed by atoms with E-state index in [4.69, 9.17) is 0 Å². The second kappa shape index (κ2) is 6.66. The highest BCUT2D eigenvalue weighted by molar-refractivity contribution is 5.72. The molecule has 0 spiro atoms. The molecule has 1 atom stereocenters. The third kappa shape index (κ3) is 4.31. The average molecular weight is 261 g/mol. The summed E-state index contributed by atoms with van der Waals surface area (Å²) in [6, 6.07) is 4.28. The van der Waals surface area contributed by atoms with Gasteiger partial charge in [0.05, 0.1) is 5.69 Å². The highest BCUT2D eigenvalue weighted by Gasteiger charge is 2.22. The van der Waals surface area contributed by atoms with E-state index < -0.39 is 0 Å². The maximum Gasteiger partial charge on any atom is 0.216 e. The van der Waals surface area contributed by atoms with E-state index in [0.717, 1.165) is 44.7 Å². The zero-order valence-corrected chi connectivity index (χ0v) is 11.9. The van der Waals surface area contributed by atoms with E-state index in [9.17, 15) is 4.79 Å². The van der Waals surface area contributed by atoms with Gasteiger partial charge < -0.3 is 5.32 Å². The van der Waals surface area contributed by atoms with Crippen LogP contribution in [0.25, 0.3) is 0 Å². The van der Waals surface area contributed by atoms with Crippen LogP contribution in [0.15, 0.2) is 18.3 Å². The van der Waals surface area contributed by atoms with Crippen molar-refractivity contribution in [2.24, 2.45) is 5.92 Å². The van der Waals surface area contributed by atoms with Crippen LogP contribution in [0, 0.1) is 5.92 Å². The first-order valence-corrected chi connectivity index (χ1v) is 7.08. The van der Waals surface area contributed by atoms with Crippen LogP contribution in [0.4, 0.5) is 0 Å². The molecular formula is C15H23N3O. The highest BCUT2D eigenvalue weighted by Crippen LogP contribution is 2.17. The van der Waals surface area contributed by atoms with Gasteiger partial charge in [0.15, 0.2) is 0 Å². The number of aromatic nitrogens is 1. The Hall–Kier alpha value is -1.42. The van der Waals surface area contributed by atoms with Crippen LogP contribution in [-0.4, -0.2) is 35.4 Å². The predicted octanol–water partition coefficient (Wildman–Crippen LogP) is 1.60. The molecule has 0 bridgehead atoms. The average Bonchev–Trinajstić information content (AvgIpc) is 2.85. The molecule has 104 valence electrons. The van der Waals surface area contributed by atoms with Gasteiger partial charge in [0, 0.05) is 32.8 Å². The third-order valence-electron chi connectivity index (χ3n) is 3.69. The number of hydrogen-bond donors (Lipinski definition) is 1. The van der Waals surface area contributed by atoms with Gasteiger partial charge >= 0.3 is 0 Å². The number of pyridine rings is 1. The lowest BCUT2D eigenvalue weighted by atomic mass is 10.1. The predicted molar refractivity (Wildman–Crippen MR) is 75.7 cm³/mol. The van der Waals surface area contributed by atoms with E-state index in [1.54, 1.807) is 6.92 Å². The number of carbonyl (C=O) groups excluding carboxylic acids is 1. The molecule has 1 N–H and O–H groups in total. The second-order valence-electron chi connectivity index (χ2n) is 5.34. The molecule has 0 aliphatic carbocycles. The standard InChI is InChI=1S/C15H23N3O/c1-3-13-4-5-15(17-8-13)11-18-7-6-14(10-18)9-16-12(2)19/h4-5,8,14H,3,6-7,9-11H2,1-2H3,(H,16,19). The minimum absolute atomic E-state index is 0.0651. The van der Waals surface area contributed by atoms with Crippen LogP contribution in [-0.2, 0) is 17.8 Å². The van der Waals surface area contributed by atoms with Gasteiger partial charge in [0.1, 0.15) is 0 Å². The molecule has 1 aromatic rings. The lowest BCUT2D eigenvalue weighted by Gasteiger charge is -2.15. The van der Waals surface area contributed by atoms with Crippen LogP contribution in [0.5, 0.6) is 0 Å². The minimum Gasteiger partial charge on any atom is -0.356 e. The van der Waals surface area contributed by atoms with E-state index in [2.05, 4.69) is 34.3 Å². The maximum absolute atomic E-state index is 10.9. The summed E-state index contributed by atoms with van der Waals surface area (Å²) in [5.74, 6) is 0.647. The molecule has 1 fully saturated rings. The van der Waals surface area contributed by atoms with Crippen LogP contribution in [0.1, 0.15) is 31.5 Å². The Morgan fingerprint density at radius 2 is 2.37 bits per heavy atom. The van der Waals surface area contributed by atoms with E-state index >= 15 is 0 Å². The Morgan fingerprint density at radius 3 is 3.00 bits per heavy atom. The summed E-state index contributed by atoms with van der Waals surface area (Å²) in [4.78, 5) is 17.8. The Bertz CT molecular complexity index is 416. The van der Waals surface area contributed by atoms with Gasteiger partial charge in [-0.05, 0) is 36.9 Å². The van der Waals surface area contributed by atoms with E-state index in [1.807, 2.05) is 6.20 Å². The highest BCUT2D eigenvalue weighted by atomic mass is 16.1. The van der Waals surface area contributed by atoms with Gasteiger partial charge in [0.2, 0.25) is 5.91 Å². The van der Waals surface area contributed by atoms with Gasteiger partial charge in [-0.3, -0.25) is 14.7 Å². The second-order valence-corrected chi connectivity index (χ2v) is 5.34. The van der Waals surface area contributed by atoms with E-state index in [-0.39, 0.29) is 5.91 Å². The zero-order valence-electron chi connectivity index (χ0n) is 11.9. The first kappa shape index (κ1) is 14.0. The SMILES string of the molecule is CCc1ccc(CN2CCC(CNC(C)=O)C2)nc1. The summed E-state index contributed by atoms with van der Waals surface area (Å²) < 4.78 is 0. The number of aryl methyl sites for hydroxylation is 1. The third-order valence-corrected chi connectivity index (χ3v) is 3.69. The molecule has 0 saturated carbocycles. The van der Waals surface area contributed by atoms with Crippen molar-refractivity contribution in [1.29, 1.82) is 0 Å². The summed E-state index contributed by atoms with van der Waals surface area (Å²) in [5.41, 5.74) is 2.42. The number of likely N-dealkylation sites (tertiary alicyclic amines) is 1. The molecule has 1 aromatic heterocycles. The lowest BCUT2D eigenvalue weighted by Crippen LogP contribution is -2.29. The zero-order chi connectivity index (χ0) is 13.7. The molecule has 0 radical (unpaired) electrons. The molecule has 2 rings (SSSR count). The molecule has 4 heteroatoms. The van der Waals surface area contributed by atoms with Crippen LogP contribution < -0.4 is 5.32 Å². The van der Waals surface area contributed by atoms with Gasteiger partial charge in [-0.25, -0.2) is 0 Å². The monoisotopic (exact) mass is 261 g/mol. The van der Waals surface area contributed by atoms with Crippen LogP contribution in [0.3, 0.4) is 0 Å². The van der Waals surface area contributed by atoms with Crippen molar-refractivity contribution in [2.75, 3.05) is 19.6 Å². The summed E-state index contributed by atoms with van der Waals surface area (Å²) in [5, 5.41) is 2.91. The summed E-state index contributed by atoms with van der Waals surface area (Å²) in [6.07, 6.45) is 4.17. The molecule has 1 saturated heterocycles. The molecule has 1 aliphatic rings. The number of rotatable bonds is 5. The fourth-order valence-electron chi connectivity index (χ4n) is 2.50. The number of carbonyl (C=O) groups is 1. The Morgan fingerprint density at radius 1 is 1.53 bits per heavy atom. The minimum atomic E-state index is 0.0651. The van der Waals surface area contributed by atoms with Crippen LogP contribution in [0.2, 0.25) is 0 Å². The fraction of sp³-hybridized carbons (Fsp3) is 0.600. The molecule has 2 heterocycles. The van der Waals surface area contributed by atoms with Gasteiger partial charge in [-0.2, -0.15) is 0 Å². The number of hydrogen-bond acceptors (Lipinski definition) is 3. The first-order valence-electron chi connectivity index (χ1n) is 7.08. The van der Waals surface area contributed by atoms with Crippen molar-refractivity contribution in [3.63, 3.8) is 0 Å². The Balaban J connectivity index is 1.79. The Kier molecular flexibility index (Phi) is 4.91. The normalized spacial score (nSPS) is 19.6. The maximum atomic E-state index is 10.9. The molecule has 1 unspecified atom stereocenters. The smallest absolute Gasteiger partial charge is 0.216 e. The molecule has 19 heavy (non-hydrogen) atoms. The summed E-state index contributed by atoms with van der Waals surface area (Å²) in [7, 11) is 0. The lowest BCUT2D eigenvalue weighted by molar-refractivity contribution is -0.119. The fourth-order valence-corrected chi connectivity index (χ4v) is 2.50. The van der Waals surface area contributed by atoms with Crippen molar-refractivity contribution in [1.82, 2.24) is 15.2 Å².